The van der Waals surface area contributed by atoms with Crippen LogP contribution in [0.1, 0.15) is 44.9 Å². The summed E-state index contributed by atoms with van der Waals surface area (Å²) in [5.41, 5.74) is 2.02. The van der Waals surface area contributed by atoms with Crippen molar-refractivity contribution in [2.24, 2.45) is 10.1 Å². The fourth-order valence-corrected chi connectivity index (χ4v) is 4.28. The number of hydrogen-bond donors (Lipinski definition) is 2. The molecule has 1 atom stereocenters. The molecule has 1 unspecified atom stereocenters. The lowest BCUT2D eigenvalue weighted by atomic mass is 9.93. The largest absolute Gasteiger partial charge is 0.478 e. The lowest BCUT2D eigenvalue weighted by molar-refractivity contribution is 0.0355. The normalized spacial score (nSPS) is 18.8. The van der Waals surface area contributed by atoms with E-state index >= 15 is 0 Å². The molecule has 1 aromatic carbocycles. The van der Waals surface area contributed by atoms with Crippen molar-refractivity contribution < 1.29 is 18.8 Å². The van der Waals surface area contributed by atoms with Crippen LogP contribution < -0.4 is 10.6 Å². The fourth-order valence-electron chi connectivity index (χ4n) is 4.28. The minimum atomic E-state index is -0.404. The number of nitrogens with one attached hydrogen (secondary N) is 2. The summed E-state index contributed by atoms with van der Waals surface area (Å²) >= 11 is 0. The van der Waals surface area contributed by atoms with Gasteiger partial charge >= 0.3 is 6.03 Å². The van der Waals surface area contributed by atoms with E-state index in [4.69, 9.17) is 14.0 Å². The van der Waals surface area contributed by atoms with Gasteiger partial charge < -0.3 is 19.3 Å². The van der Waals surface area contributed by atoms with Gasteiger partial charge in [0, 0.05) is 61.1 Å². The number of aromatic nitrogens is 1. The summed E-state index contributed by atoms with van der Waals surface area (Å²) in [6.07, 6.45) is 5.18. The van der Waals surface area contributed by atoms with Crippen LogP contribution in [0.2, 0.25) is 0 Å². The second-order valence-electron chi connectivity index (χ2n) is 10.8. The van der Waals surface area contributed by atoms with Gasteiger partial charge in [-0.3, -0.25) is 10.2 Å². The molecule has 0 spiro atoms. The highest BCUT2D eigenvalue weighted by Gasteiger charge is 2.27. The number of amides is 2. The molecule has 2 amide bonds. The van der Waals surface area contributed by atoms with Crippen molar-refractivity contribution in [2.75, 3.05) is 50.1 Å². The fraction of sp³-hybridized carbons (Fsp3) is 0.448. The highest BCUT2D eigenvalue weighted by Crippen LogP contribution is 2.24. The zero-order valence-corrected chi connectivity index (χ0v) is 23.1. The zero-order chi connectivity index (χ0) is 28.0. The molecular weight excluding hydrogens is 510 g/mol. The van der Waals surface area contributed by atoms with Gasteiger partial charge in [-0.15, -0.1) is 0 Å². The predicted octanol–water partition coefficient (Wildman–Crippen LogP) is 4.02. The molecule has 11 nitrogen and oxygen atoms in total. The van der Waals surface area contributed by atoms with Crippen LogP contribution in [-0.4, -0.2) is 78.3 Å². The Balaban J connectivity index is 1.06. The molecule has 0 saturated carbocycles. The molecule has 210 valence electrons. The average molecular weight is 546 g/mol. The van der Waals surface area contributed by atoms with Crippen molar-refractivity contribution in [3.05, 3.63) is 53.9 Å². The van der Waals surface area contributed by atoms with E-state index in [0.717, 1.165) is 50.5 Å². The number of aliphatic imine (C=N–C) groups is 1. The third-order valence-corrected chi connectivity index (χ3v) is 6.52. The molecule has 2 N–H and O–H groups in total. The smallest absolute Gasteiger partial charge is 0.324 e. The number of hydrazone groups is 1. The van der Waals surface area contributed by atoms with Crippen molar-refractivity contribution in [1.29, 1.82) is 0 Å². The number of urea groups is 1. The first-order valence-corrected chi connectivity index (χ1v) is 13.5. The van der Waals surface area contributed by atoms with Crippen molar-refractivity contribution in [3.8, 4) is 11.8 Å². The summed E-state index contributed by atoms with van der Waals surface area (Å²) in [6.45, 7) is 11.3. The molecular formula is C29H35N7O4. The molecule has 5 rings (SSSR count). The molecule has 0 aliphatic carbocycles. The topological polar surface area (TPSA) is 117 Å². The van der Waals surface area contributed by atoms with E-state index in [1.165, 1.54) is 0 Å². The van der Waals surface area contributed by atoms with Gasteiger partial charge in [0.1, 0.15) is 11.5 Å². The van der Waals surface area contributed by atoms with E-state index in [2.05, 4.69) is 42.6 Å². The maximum Gasteiger partial charge on any atom is 0.324 e. The van der Waals surface area contributed by atoms with E-state index < -0.39 is 6.03 Å². The maximum absolute atomic E-state index is 12.3. The number of anilines is 2. The zero-order valence-electron chi connectivity index (χ0n) is 23.1. The van der Waals surface area contributed by atoms with Crippen molar-refractivity contribution in [3.63, 3.8) is 0 Å². The number of ether oxygens (including phenoxy) is 2. The molecule has 3 aliphatic rings. The summed E-state index contributed by atoms with van der Waals surface area (Å²) in [5, 5.41) is 15.7. The minimum absolute atomic E-state index is 0.127. The van der Waals surface area contributed by atoms with Crippen LogP contribution in [0.25, 0.3) is 0 Å². The lowest BCUT2D eigenvalue weighted by Crippen LogP contribution is -2.37. The Kier molecular flexibility index (Phi) is 8.48. The monoisotopic (exact) mass is 545 g/mol. The van der Waals surface area contributed by atoms with Crippen LogP contribution in [0.15, 0.2) is 57.2 Å². The number of carbonyl (C=O) groups excluding carboxylic acids is 1. The number of benzene rings is 1. The van der Waals surface area contributed by atoms with Gasteiger partial charge in [0.25, 0.3) is 0 Å². The first kappa shape index (κ1) is 27.4. The van der Waals surface area contributed by atoms with Crippen LogP contribution in [0.4, 0.5) is 16.3 Å². The Labute approximate surface area is 234 Å². The van der Waals surface area contributed by atoms with Gasteiger partial charge in [0.15, 0.2) is 12.0 Å². The Morgan fingerprint density at radius 1 is 1.15 bits per heavy atom. The van der Waals surface area contributed by atoms with E-state index in [1.54, 1.807) is 18.2 Å². The molecule has 1 saturated heterocycles. The summed E-state index contributed by atoms with van der Waals surface area (Å²) in [6, 6.07) is 8.60. The number of nitrogens with zero attached hydrogens (tertiary/aromatic N) is 5. The van der Waals surface area contributed by atoms with Crippen molar-refractivity contribution >= 4 is 29.1 Å². The molecule has 0 radical (unpaired) electrons. The molecule has 2 aromatic rings. The molecule has 1 fully saturated rings. The Morgan fingerprint density at radius 3 is 2.70 bits per heavy atom. The number of carbonyl (C=O) groups is 1. The Bertz CT molecular complexity index is 1340. The van der Waals surface area contributed by atoms with E-state index in [1.807, 2.05) is 50.2 Å². The first-order chi connectivity index (χ1) is 19.3. The predicted molar refractivity (Wildman–Crippen MR) is 153 cm³/mol. The average Bonchev–Trinajstić information content (AvgIpc) is 3.58. The second-order valence-corrected chi connectivity index (χ2v) is 10.8. The molecule has 1 aromatic heterocycles. The summed E-state index contributed by atoms with van der Waals surface area (Å²) in [7, 11) is 0. The van der Waals surface area contributed by atoms with Crippen LogP contribution in [0, 0.1) is 11.8 Å². The molecule has 40 heavy (non-hydrogen) atoms. The van der Waals surface area contributed by atoms with Gasteiger partial charge in [-0.1, -0.05) is 31.8 Å². The van der Waals surface area contributed by atoms with E-state index in [9.17, 15) is 4.79 Å². The molecule has 4 heterocycles. The quantitative estimate of drug-likeness (QED) is 0.416. The van der Waals surface area contributed by atoms with Crippen LogP contribution in [0.5, 0.6) is 0 Å². The highest BCUT2D eigenvalue weighted by molar-refractivity contribution is 6.02. The number of fused-ring (bicyclic) bond motifs is 1. The van der Waals surface area contributed by atoms with Gasteiger partial charge in [-0.05, 0) is 36.6 Å². The second kappa shape index (κ2) is 12.4. The third kappa shape index (κ3) is 7.49. The Morgan fingerprint density at radius 2 is 1.95 bits per heavy atom. The summed E-state index contributed by atoms with van der Waals surface area (Å²) in [4.78, 5) is 19.4. The third-order valence-electron chi connectivity index (χ3n) is 6.52. The first-order valence-electron chi connectivity index (χ1n) is 13.5. The minimum Gasteiger partial charge on any atom is -0.478 e. The van der Waals surface area contributed by atoms with Gasteiger partial charge in [-0.2, -0.15) is 5.10 Å². The highest BCUT2D eigenvalue weighted by atomic mass is 16.5. The number of morpholine rings is 1. The van der Waals surface area contributed by atoms with Crippen LogP contribution in [-0.2, 0) is 14.9 Å². The van der Waals surface area contributed by atoms with E-state index in [-0.39, 0.29) is 11.6 Å². The van der Waals surface area contributed by atoms with E-state index in [0.29, 0.717) is 36.2 Å². The molecule has 11 heteroatoms. The summed E-state index contributed by atoms with van der Waals surface area (Å²) in [5.74, 6) is 7.98. The Hall–Kier alpha value is -4.14. The van der Waals surface area contributed by atoms with Crippen LogP contribution in [0.3, 0.4) is 0 Å². The lowest BCUT2D eigenvalue weighted by Gasteiger charge is -2.26. The summed E-state index contributed by atoms with van der Waals surface area (Å²) < 4.78 is 16.6. The standard InChI is InChI=1S/C29H35N7O4/c1-29(2,3)24-20-25(34-40-24)31-28(37)30-22-8-5-21(6-9-22)7-10-23-19-26-32-27(11-13-36(26)33-23)39-16-4-12-35-14-17-38-18-15-35/h5-6,8-9,11,13,20,26H,4,12,14-19H2,1-3H3,(H2,30,31,34,37). The van der Waals surface area contributed by atoms with Crippen molar-refractivity contribution in [1.82, 2.24) is 15.1 Å². The SMILES string of the molecule is CC(C)(C)c1cc(NC(=O)Nc2ccc(C#CC3=NN4C=CC(OCCCN5CCOCC5)=NC4C3)cc2)no1. The number of hydrogen-bond acceptors (Lipinski definition) is 9. The van der Waals surface area contributed by atoms with Crippen LogP contribution >= 0.6 is 0 Å². The number of rotatable bonds is 6. The maximum atomic E-state index is 12.3. The van der Waals surface area contributed by atoms with Gasteiger partial charge in [0.05, 0.1) is 19.8 Å². The van der Waals surface area contributed by atoms with Gasteiger partial charge in [-0.25, -0.2) is 14.8 Å². The van der Waals surface area contributed by atoms with Crippen molar-refractivity contribution in [2.45, 2.75) is 45.2 Å². The molecule has 3 aliphatic heterocycles. The molecule has 0 bridgehead atoms. The van der Waals surface area contributed by atoms with Gasteiger partial charge in [0.2, 0.25) is 5.90 Å².